The van der Waals surface area contributed by atoms with Gasteiger partial charge in [0.25, 0.3) is 0 Å². The van der Waals surface area contributed by atoms with Crippen molar-refractivity contribution in [3.8, 4) is 0 Å². The van der Waals surface area contributed by atoms with Gasteiger partial charge >= 0.3 is 0 Å². The van der Waals surface area contributed by atoms with Crippen LogP contribution >= 0.6 is 15.9 Å². The highest BCUT2D eigenvalue weighted by atomic mass is 79.9. The topological polar surface area (TPSA) is 21.3 Å². The average Bonchev–Trinajstić information content (AvgIpc) is 2.63. The number of rotatable bonds is 3. The molecule has 0 aromatic heterocycles. The van der Waals surface area contributed by atoms with E-state index in [0.29, 0.717) is 19.7 Å². The van der Waals surface area contributed by atoms with Gasteiger partial charge in [0.1, 0.15) is 12.3 Å². The van der Waals surface area contributed by atoms with Crippen molar-refractivity contribution in [2.75, 3.05) is 13.1 Å². The van der Waals surface area contributed by atoms with Gasteiger partial charge in [-0.15, -0.1) is 0 Å². The largest absolute Gasteiger partial charge is 0.369 e. The van der Waals surface area contributed by atoms with Gasteiger partial charge in [-0.3, -0.25) is 0 Å². The lowest BCUT2D eigenvalue weighted by Crippen LogP contribution is -2.23. The van der Waals surface area contributed by atoms with Gasteiger partial charge in [-0.25, -0.2) is 4.39 Å². The van der Waals surface area contributed by atoms with Crippen LogP contribution in [0, 0.1) is 0 Å². The molecule has 1 saturated heterocycles. The zero-order valence-corrected chi connectivity index (χ0v) is 9.84. The lowest BCUT2D eigenvalue weighted by atomic mass is 10.2. The molecule has 0 saturated carbocycles. The van der Waals surface area contributed by atoms with Gasteiger partial charge in [-0.2, -0.15) is 0 Å². The third-order valence-corrected chi connectivity index (χ3v) is 2.99. The Kier molecular flexibility index (Phi) is 3.72. The number of nitrogens with one attached hydrogen (secondary N) is 1. The highest BCUT2D eigenvalue weighted by Gasteiger charge is 2.27. The third kappa shape index (κ3) is 3.00. The zero-order valence-electron chi connectivity index (χ0n) is 8.25. The molecule has 1 fully saturated rings. The number of benzene rings is 1. The van der Waals surface area contributed by atoms with Crippen molar-refractivity contribution in [3.05, 3.63) is 34.3 Å². The van der Waals surface area contributed by atoms with Crippen LogP contribution in [-0.2, 0) is 11.3 Å². The van der Waals surface area contributed by atoms with Gasteiger partial charge in [-0.1, -0.05) is 28.1 Å². The van der Waals surface area contributed by atoms with E-state index in [1.165, 1.54) is 0 Å². The second-order valence-electron chi connectivity index (χ2n) is 3.65. The normalized spacial score (nSPS) is 25.7. The zero-order chi connectivity index (χ0) is 10.7. The number of alkyl halides is 1. The minimum atomic E-state index is -0.875. The quantitative estimate of drug-likeness (QED) is 0.913. The van der Waals surface area contributed by atoms with Gasteiger partial charge in [0, 0.05) is 17.6 Å². The molecule has 4 heteroatoms. The summed E-state index contributed by atoms with van der Waals surface area (Å²) in [7, 11) is 0. The van der Waals surface area contributed by atoms with Gasteiger partial charge in [-0.05, 0) is 17.7 Å². The fourth-order valence-electron chi connectivity index (χ4n) is 1.57. The Balaban J connectivity index is 1.85. The van der Waals surface area contributed by atoms with E-state index in [4.69, 9.17) is 4.74 Å². The SMILES string of the molecule is FC1CNCC1OCc1ccc(Br)cc1. The van der Waals surface area contributed by atoms with Crippen LogP contribution in [0.15, 0.2) is 28.7 Å². The van der Waals surface area contributed by atoms with Gasteiger partial charge in [0.2, 0.25) is 0 Å². The molecule has 0 bridgehead atoms. The first-order chi connectivity index (χ1) is 7.25. The molecule has 0 spiro atoms. The first kappa shape index (κ1) is 11.0. The van der Waals surface area contributed by atoms with E-state index in [1.54, 1.807) is 0 Å². The average molecular weight is 274 g/mol. The Morgan fingerprint density at radius 3 is 2.67 bits per heavy atom. The molecule has 1 aromatic carbocycles. The summed E-state index contributed by atoms with van der Waals surface area (Å²) in [4.78, 5) is 0. The van der Waals surface area contributed by atoms with E-state index < -0.39 is 6.17 Å². The smallest absolute Gasteiger partial charge is 0.140 e. The molecule has 0 radical (unpaired) electrons. The Morgan fingerprint density at radius 2 is 2.07 bits per heavy atom. The molecule has 1 heterocycles. The molecule has 1 aromatic rings. The lowest BCUT2D eigenvalue weighted by molar-refractivity contribution is 0.0139. The highest BCUT2D eigenvalue weighted by molar-refractivity contribution is 9.10. The van der Waals surface area contributed by atoms with E-state index in [9.17, 15) is 4.39 Å². The van der Waals surface area contributed by atoms with Crippen LogP contribution in [0.2, 0.25) is 0 Å². The van der Waals surface area contributed by atoms with E-state index in [2.05, 4.69) is 21.2 Å². The van der Waals surface area contributed by atoms with Crippen LogP contribution in [-0.4, -0.2) is 25.4 Å². The molecular formula is C11H13BrFNO. The van der Waals surface area contributed by atoms with Crippen molar-refractivity contribution in [1.82, 2.24) is 5.32 Å². The second-order valence-corrected chi connectivity index (χ2v) is 4.57. The predicted molar refractivity (Wildman–Crippen MR) is 60.5 cm³/mol. The summed E-state index contributed by atoms with van der Waals surface area (Å²) in [5.74, 6) is 0. The van der Waals surface area contributed by atoms with E-state index >= 15 is 0 Å². The van der Waals surface area contributed by atoms with Crippen molar-refractivity contribution in [2.24, 2.45) is 0 Å². The molecule has 0 amide bonds. The summed E-state index contributed by atoms with van der Waals surface area (Å²) >= 11 is 3.36. The van der Waals surface area contributed by atoms with Crippen LogP contribution in [0.5, 0.6) is 0 Å². The summed E-state index contributed by atoms with van der Waals surface area (Å²) in [6.45, 7) is 1.49. The molecule has 1 N–H and O–H groups in total. The molecule has 0 aliphatic carbocycles. The number of hydrogen-bond donors (Lipinski definition) is 1. The van der Waals surface area contributed by atoms with E-state index in [-0.39, 0.29) is 6.10 Å². The molecular weight excluding hydrogens is 261 g/mol. The molecule has 2 unspecified atom stereocenters. The number of halogens is 2. The molecule has 2 rings (SSSR count). The minimum absolute atomic E-state index is 0.298. The van der Waals surface area contributed by atoms with Crippen LogP contribution in [0.4, 0.5) is 4.39 Å². The summed E-state index contributed by atoms with van der Waals surface area (Å²) in [5.41, 5.74) is 1.07. The molecule has 2 atom stereocenters. The minimum Gasteiger partial charge on any atom is -0.369 e. The van der Waals surface area contributed by atoms with Crippen molar-refractivity contribution in [3.63, 3.8) is 0 Å². The fraction of sp³-hybridized carbons (Fsp3) is 0.455. The van der Waals surface area contributed by atoms with Crippen LogP contribution in [0.25, 0.3) is 0 Å². The maximum Gasteiger partial charge on any atom is 0.140 e. The Labute approximate surface area is 96.9 Å². The van der Waals surface area contributed by atoms with Crippen LogP contribution in [0.3, 0.4) is 0 Å². The molecule has 1 aliphatic heterocycles. The second kappa shape index (κ2) is 5.05. The summed E-state index contributed by atoms with van der Waals surface area (Å²) in [6, 6.07) is 7.86. The van der Waals surface area contributed by atoms with Crippen LogP contribution < -0.4 is 5.32 Å². The molecule has 15 heavy (non-hydrogen) atoms. The summed E-state index contributed by atoms with van der Waals surface area (Å²) in [5, 5.41) is 2.96. The van der Waals surface area contributed by atoms with Gasteiger partial charge in [0.05, 0.1) is 6.61 Å². The van der Waals surface area contributed by atoms with Crippen molar-refractivity contribution >= 4 is 15.9 Å². The molecule has 2 nitrogen and oxygen atoms in total. The Hall–Kier alpha value is -0.450. The Morgan fingerprint density at radius 1 is 1.33 bits per heavy atom. The summed E-state index contributed by atoms with van der Waals surface area (Å²) < 4.78 is 19.7. The molecule has 82 valence electrons. The van der Waals surface area contributed by atoms with Crippen molar-refractivity contribution in [2.45, 2.75) is 18.9 Å². The van der Waals surface area contributed by atoms with Crippen LogP contribution in [0.1, 0.15) is 5.56 Å². The number of ether oxygens (including phenoxy) is 1. The van der Waals surface area contributed by atoms with Crippen molar-refractivity contribution in [1.29, 1.82) is 0 Å². The summed E-state index contributed by atoms with van der Waals surface area (Å²) in [6.07, 6.45) is -1.17. The fourth-order valence-corrected chi connectivity index (χ4v) is 1.83. The monoisotopic (exact) mass is 273 g/mol. The first-order valence-corrected chi connectivity index (χ1v) is 5.76. The standard InChI is InChI=1S/C11H13BrFNO/c12-9-3-1-8(2-4-9)7-15-11-6-14-5-10(11)13/h1-4,10-11,14H,5-7H2. The van der Waals surface area contributed by atoms with E-state index in [1.807, 2.05) is 24.3 Å². The Bertz CT molecular complexity index is 317. The van der Waals surface area contributed by atoms with Gasteiger partial charge in [0.15, 0.2) is 0 Å². The molecule has 1 aliphatic rings. The van der Waals surface area contributed by atoms with E-state index in [0.717, 1.165) is 10.0 Å². The first-order valence-electron chi connectivity index (χ1n) is 4.96. The highest BCUT2D eigenvalue weighted by Crippen LogP contribution is 2.14. The van der Waals surface area contributed by atoms with Crippen molar-refractivity contribution < 1.29 is 9.13 Å². The number of hydrogen-bond acceptors (Lipinski definition) is 2. The predicted octanol–water partition coefficient (Wildman–Crippen LogP) is 2.28. The maximum absolute atomic E-state index is 13.2. The maximum atomic E-state index is 13.2. The lowest BCUT2D eigenvalue weighted by Gasteiger charge is -2.12. The van der Waals surface area contributed by atoms with Gasteiger partial charge < -0.3 is 10.1 Å². The third-order valence-electron chi connectivity index (χ3n) is 2.47.